The monoisotopic (exact) mass is 1360 g/mol. The topological polar surface area (TPSA) is 271 Å². The minimum absolute atomic E-state index is 0. The van der Waals surface area contributed by atoms with E-state index in [0.717, 1.165) is 65.9 Å². The summed E-state index contributed by atoms with van der Waals surface area (Å²) in [4.78, 5) is 112. The van der Waals surface area contributed by atoms with Crippen molar-refractivity contribution < 1.29 is 58.3 Å². The average Bonchev–Trinajstić information content (AvgIpc) is 1.17. The number of halogens is 3. The molecule has 3 aromatic carbocycles. The van der Waals surface area contributed by atoms with Crippen LogP contribution in [0.4, 0.5) is 11.4 Å². The Hall–Kier alpha value is -5.87. The average molecular weight is 1360 g/mol. The van der Waals surface area contributed by atoms with E-state index in [2.05, 4.69) is 30.9 Å². The fraction of sp³-hybridized carbons (Fsp3) is 0.446. The van der Waals surface area contributed by atoms with Crippen LogP contribution in [0.5, 0.6) is 0 Å². The summed E-state index contributed by atoms with van der Waals surface area (Å²) in [6.07, 6.45) is 24.7. The summed E-state index contributed by atoms with van der Waals surface area (Å²) in [7, 11) is 3.38. The van der Waals surface area contributed by atoms with E-state index in [-0.39, 0.29) is 86.4 Å². The number of aryl methyl sites for hydroxylation is 1. The van der Waals surface area contributed by atoms with Crippen LogP contribution in [0.3, 0.4) is 0 Å². The van der Waals surface area contributed by atoms with Crippen molar-refractivity contribution in [3.05, 3.63) is 158 Å². The van der Waals surface area contributed by atoms with E-state index in [1.165, 1.54) is 89.6 Å². The van der Waals surface area contributed by atoms with Crippen LogP contribution in [0.2, 0.25) is 15.1 Å². The summed E-state index contributed by atoms with van der Waals surface area (Å²) in [6, 6.07) is 12.9. The zero-order valence-corrected chi connectivity index (χ0v) is 58.4. The van der Waals surface area contributed by atoms with Crippen molar-refractivity contribution in [2.75, 3.05) is 18.1 Å². The third-order valence-corrected chi connectivity index (χ3v) is 19.4. The number of thiazole rings is 3. The molecule has 4 heterocycles. The van der Waals surface area contributed by atoms with Crippen molar-refractivity contribution in [1.82, 2.24) is 34.7 Å². The van der Waals surface area contributed by atoms with Crippen LogP contribution in [0, 0.1) is 29.6 Å². The number of fused-ring (bicyclic) bond motifs is 1. The van der Waals surface area contributed by atoms with Gasteiger partial charge in [0, 0.05) is 83.7 Å². The second-order valence-electron chi connectivity index (χ2n) is 22.3. The van der Waals surface area contributed by atoms with E-state index in [0.29, 0.717) is 90.5 Å². The Morgan fingerprint density at radius 3 is 1.45 bits per heavy atom. The third kappa shape index (κ3) is 23.3. The summed E-state index contributed by atoms with van der Waals surface area (Å²) in [5, 5.41) is 24.6. The molecule has 0 saturated heterocycles. The molecule has 3 unspecified atom stereocenters. The number of nitrogens with one attached hydrogen (secondary N) is 3. The number of hydrogen-bond acceptors (Lipinski definition) is 17. The first kappa shape index (κ1) is 77.6. The fourth-order valence-electron chi connectivity index (χ4n) is 11.9. The second-order valence-corrected chi connectivity index (χ2v) is 26.6. The first-order chi connectivity index (χ1) is 43.0. The van der Waals surface area contributed by atoms with E-state index >= 15 is 0 Å². The number of nitrogen functional groups attached to an aromatic ring is 1. The zero-order valence-electron chi connectivity index (χ0n) is 51.6. The van der Waals surface area contributed by atoms with Gasteiger partial charge in [0.2, 0.25) is 0 Å². The summed E-state index contributed by atoms with van der Waals surface area (Å²) in [5.74, 6) is 0.491. The van der Waals surface area contributed by atoms with Gasteiger partial charge < -0.3 is 38.3 Å². The van der Waals surface area contributed by atoms with Gasteiger partial charge in [-0.05, 0) is 91.6 Å². The van der Waals surface area contributed by atoms with Crippen molar-refractivity contribution in [3.8, 4) is 0 Å². The minimum atomic E-state index is -0.799. The van der Waals surface area contributed by atoms with Gasteiger partial charge in [-0.2, -0.15) is 0 Å². The van der Waals surface area contributed by atoms with Gasteiger partial charge in [0.25, 0.3) is 17.4 Å². The molecule has 0 aliphatic heterocycles. The molecule has 18 nitrogen and oxygen atoms in total. The van der Waals surface area contributed by atoms with E-state index in [1.54, 1.807) is 81.2 Å². The minimum Gasteiger partial charge on any atom is -0.512 e. The number of ketones is 3. The van der Waals surface area contributed by atoms with Gasteiger partial charge in [-0.1, -0.05) is 131 Å². The van der Waals surface area contributed by atoms with Crippen LogP contribution >= 0.6 is 68.8 Å². The van der Waals surface area contributed by atoms with Crippen LogP contribution in [0.25, 0.3) is 10.9 Å². The maximum Gasteiger partial charge on any atom is 1.00 e. The molecular formula is C65H76BCl3N10NaO8S3. The van der Waals surface area contributed by atoms with E-state index in [4.69, 9.17) is 57.2 Å². The molecule has 0 bridgehead atoms. The number of Topliss-reactive ketones (excluding diaryl/α,β-unsaturated/α-hetero) is 3. The summed E-state index contributed by atoms with van der Waals surface area (Å²) < 4.78 is 2.58. The van der Waals surface area contributed by atoms with Crippen LogP contribution in [0.1, 0.15) is 157 Å². The number of benzene rings is 3. The van der Waals surface area contributed by atoms with E-state index < -0.39 is 29.4 Å². The van der Waals surface area contributed by atoms with Crippen molar-refractivity contribution in [2.45, 2.75) is 153 Å². The van der Waals surface area contributed by atoms with Gasteiger partial charge >= 0.3 is 35.2 Å². The molecule has 26 heteroatoms. The fourth-order valence-corrected chi connectivity index (χ4v) is 14.2. The molecule has 3 aliphatic rings. The van der Waals surface area contributed by atoms with Crippen molar-refractivity contribution in [3.63, 3.8) is 0 Å². The first-order valence-electron chi connectivity index (χ1n) is 29.8. The molecule has 0 spiro atoms. The first-order valence-corrected chi connectivity index (χ1v) is 33.6. The van der Waals surface area contributed by atoms with Crippen LogP contribution in [-0.2, 0) is 45.5 Å². The van der Waals surface area contributed by atoms with Gasteiger partial charge in [0.1, 0.15) is 12.8 Å². The standard InChI is InChI=1S/C22H24ClN3O3S.C21H26ClN3O2S.C20H24ClN3O2S.CN.CH2O.B.Na/c1-25-17-8-7-15(23)12-16(17)21(28)26(22(25)29)18(11-14-5-3-2-4-6-14)19(27)13-20-24-9-10-30-20;1-23-17-8-7-15(22)12-16(17)21(27)25-18(11-14-5-3-2-4-6-14)19(26)13-20-24-9-10-28-20;21-14-6-7-16(22)15(11-14)20(26)24-17(10-13-4-2-1-3-5-13)18(25)12-19-23-8-9-27-19;2*1-2;;/h7-10,12,14,18H,2-6,11,13H2,1H3;7-10,12,14,18,23H,2-6,11,13H2,1H3,(H,25,27);6-9,11,13,17H,1-5,10,12,22H2,(H,24,26);;1H2;;/q;;;-1;;;+1. The maximum absolute atomic E-state index is 13.4. The Kier molecular flexibility index (Phi) is 34.4. The molecule has 10 rings (SSSR count). The predicted octanol–water partition coefficient (Wildman–Crippen LogP) is 9.65. The van der Waals surface area contributed by atoms with Gasteiger partial charge in [-0.15, -0.1) is 34.0 Å². The molecule has 477 valence electrons. The van der Waals surface area contributed by atoms with Crippen LogP contribution < -0.4 is 62.5 Å². The Labute approximate surface area is 582 Å². The number of aromatic nitrogens is 5. The Morgan fingerprint density at radius 2 is 1.01 bits per heavy atom. The van der Waals surface area contributed by atoms with Crippen LogP contribution in [0.15, 0.2) is 98.9 Å². The number of rotatable bonds is 21. The Bertz CT molecular complexity index is 3580. The normalized spacial score (nSPS) is 15.0. The van der Waals surface area contributed by atoms with Gasteiger partial charge in [-0.25, -0.2) is 24.3 Å². The molecule has 7 aromatic rings. The van der Waals surface area contributed by atoms with Gasteiger partial charge in [-0.3, -0.25) is 33.3 Å². The molecule has 91 heavy (non-hydrogen) atoms. The largest absolute Gasteiger partial charge is 1.00 e. The van der Waals surface area contributed by atoms with Gasteiger partial charge in [0.05, 0.1) is 68.4 Å². The second kappa shape index (κ2) is 40.3. The molecule has 5 N–H and O–H groups in total. The summed E-state index contributed by atoms with van der Waals surface area (Å²) in [6.45, 7) is 6.75. The summed E-state index contributed by atoms with van der Waals surface area (Å²) >= 11 is 22.5. The quantitative estimate of drug-likeness (QED) is 0.0296. The molecule has 2 amide bonds. The van der Waals surface area contributed by atoms with Crippen molar-refractivity contribution >= 4 is 135 Å². The Balaban J connectivity index is 0.000000281. The SMILES string of the molecule is C=O.CNc1ccc(Cl)cc1C(=O)NC(CC1CCCCC1)C(=O)Cc1nccs1.Cn1c(=O)n(C(CC2CCCCC2)C(=O)Cc2nccs2)c(=O)c2cc(Cl)ccc21.Nc1ccc(Cl)cc1C(=O)NC(CC1CCCCC1)C(=O)Cc1nccs1.[B].[C-]#N.[Na+]. The number of nitrogens with two attached hydrogens (primary N) is 1. The number of amides is 2. The van der Waals surface area contributed by atoms with Crippen molar-refractivity contribution in [1.29, 1.82) is 5.26 Å². The van der Waals surface area contributed by atoms with Crippen molar-refractivity contribution in [2.24, 2.45) is 24.8 Å². The van der Waals surface area contributed by atoms with Crippen LogP contribution in [-0.4, -0.2) is 87.6 Å². The molecule has 3 aliphatic carbocycles. The third-order valence-electron chi connectivity index (χ3n) is 16.4. The Morgan fingerprint density at radius 1 is 0.615 bits per heavy atom. The maximum atomic E-state index is 13.4. The molecular weight excluding hydrogens is 1290 g/mol. The molecule has 3 fully saturated rings. The van der Waals surface area contributed by atoms with Gasteiger partial charge in [0.15, 0.2) is 17.3 Å². The number of anilines is 2. The molecule has 4 aromatic heterocycles. The molecule has 3 atom stereocenters. The van der Waals surface area contributed by atoms with E-state index in [1.807, 2.05) is 22.9 Å². The molecule has 3 radical (unpaired) electrons. The number of hydrogen-bond donors (Lipinski definition) is 4. The smallest absolute Gasteiger partial charge is 0.512 e. The zero-order chi connectivity index (χ0) is 64.4. The number of nitrogens with zero attached hydrogens (tertiary/aromatic N) is 6. The predicted molar refractivity (Wildman–Crippen MR) is 361 cm³/mol. The summed E-state index contributed by atoms with van der Waals surface area (Å²) in [5.41, 5.74) is 7.30. The number of carbonyl (C=O) groups is 6. The molecule has 3 saturated carbocycles. The van der Waals surface area contributed by atoms with E-state index in [9.17, 15) is 33.6 Å². The number of carbonyl (C=O) groups excluding carboxylic acids is 6.